The van der Waals surface area contributed by atoms with E-state index in [1.807, 2.05) is 32.4 Å². The van der Waals surface area contributed by atoms with E-state index in [1.54, 1.807) is 18.1 Å². The van der Waals surface area contributed by atoms with E-state index < -0.39 is 5.60 Å². The number of ether oxygens (including phenoxy) is 2. The van der Waals surface area contributed by atoms with Crippen LogP contribution in [0, 0.1) is 12.7 Å². The van der Waals surface area contributed by atoms with E-state index in [0.717, 1.165) is 0 Å². The number of aryl methyl sites for hydroxylation is 1. The van der Waals surface area contributed by atoms with Crippen molar-refractivity contribution >= 4 is 6.09 Å². The summed E-state index contributed by atoms with van der Waals surface area (Å²) in [6.07, 6.45) is 1.13. The molecule has 1 aliphatic rings. The molecule has 3 rings (SSSR count). The van der Waals surface area contributed by atoms with E-state index in [1.165, 1.54) is 12.1 Å². The van der Waals surface area contributed by atoms with Gasteiger partial charge in [-0.25, -0.2) is 18.9 Å². The van der Waals surface area contributed by atoms with Crippen LogP contribution in [0.2, 0.25) is 0 Å². The zero-order chi connectivity index (χ0) is 20.5. The Morgan fingerprint density at radius 3 is 2.54 bits per heavy atom. The lowest BCUT2D eigenvalue weighted by molar-refractivity contribution is 0.0185. The van der Waals surface area contributed by atoms with E-state index in [4.69, 9.17) is 9.47 Å². The summed E-state index contributed by atoms with van der Waals surface area (Å²) in [5, 5.41) is 4.54. The Morgan fingerprint density at radius 1 is 1.25 bits per heavy atom. The number of hydrogen-bond acceptors (Lipinski definition) is 5. The number of likely N-dealkylation sites (tertiary alicyclic amines) is 1. The minimum atomic E-state index is -0.516. The molecule has 1 aromatic carbocycles. The lowest BCUT2D eigenvalue weighted by Gasteiger charge is -2.33. The van der Waals surface area contributed by atoms with Crippen molar-refractivity contribution in [3.63, 3.8) is 0 Å². The van der Waals surface area contributed by atoms with Crippen LogP contribution in [0.25, 0.3) is 11.4 Å². The number of piperidine rings is 1. The van der Waals surface area contributed by atoms with Crippen molar-refractivity contribution in [3.8, 4) is 17.1 Å². The van der Waals surface area contributed by atoms with Crippen LogP contribution in [-0.4, -0.2) is 51.6 Å². The maximum atomic E-state index is 13.9. The van der Waals surface area contributed by atoms with Gasteiger partial charge < -0.3 is 14.4 Å². The highest BCUT2D eigenvalue weighted by atomic mass is 19.1. The minimum absolute atomic E-state index is 0.0582. The first-order valence-electron chi connectivity index (χ1n) is 9.43. The molecule has 0 bridgehead atoms. The molecule has 0 aliphatic carbocycles. The monoisotopic (exact) mass is 390 g/mol. The van der Waals surface area contributed by atoms with Crippen LogP contribution in [0.3, 0.4) is 0 Å². The Morgan fingerprint density at radius 2 is 1.93 bits per heavy atom. The summed E-state index contributed by atoms with van der Waals surface area (Å²) >= 11 is 0. The van der Waals surface area contributed by atoms with Crippen LogP contribution in [-0.2, 0) is 4.74 Å². The Bertz CT molecular complexity index is 852. The van der Waals surface area contributed by atoms with Gasteiger partial charge in [0.2, 0.25) is 0 Å². The van der Waals surface area contributed by atoms with Crippen molar-refractivity contribution in [1.29, 1.82) is 0 Å². The van der Waals surface area contributed by atoms with Crippen LogP contribution in [0.5, 0.6) is 5.75 Å². The number of hydrogen-bond donors (Lipinski definition) is 0. The van der Waals surface area contributed by atoms with Crippen LogP contribution in [0.4, 0.5) is 9.18 Å². The van der Waals surface area contributed by atoms with Gasteiger partial charge in [0.1, 0.15) is 23.0 Å². The van der Waals surface area contributed by atoms with Crippen molar-refractivity contribution in [2.75, 3.05) is 20.2 Å². The van der Waals surface area contributed by atoms with Gasteiger partial charge in [-0.2, -0.15) is 5.10 Å². The molecule has 0 unspecified atom stereocenters. The lowest BCUT2D eigenvalue weighted by Crippen LogP contribution is -2.42. The van der Waals surface area contributed by atoms with E-state index in [-0.39, 0.29) is 18.0 Å². The number of aromatic nitrogens is 3. The molecule has 1 fully saturated rings. The van der Waals surface area contributed by atoms with Crippen molar-refractivity contribution in [1.82, 2.24) is 19.7 Å². The lowest BCUT2D eigenvalue weighted by atomic mass is 10.0. The molecule has 152 valence electrons. The molecule has 1 aliphatic heterocycles. The Kier molecular flexibility index (Phi) is 5.58. The van der Waals surface area contributed by atoms with Gasteiger partial charge in [0.25, 0.3) is 0 Å². The molecule has 2 aromatic rings. The maximum absolute atomic E-state index is 13.9. The van der Waals surface area contributed by atoms with Crippen molar-refractivity contribution < 1.29 is 18.7 Å². The molecule has 2 heterocycles. The second-order valence-electron chi connectivity index (χ2n) is 7.97. The number of benzene rings is 1. The van der Waals surface area contributed by atoms with Crippen molar-refractivity contribution in [2.45, 2.75) is 52.2 Å². The topological polar surface area (TPSA) is 69.5 Å². The first-order valence-corrected chi connectivity index (χ1v) is 9.43. The van der Waals surface area contributed by atoms with Gasteiger partial charge in [-0.3, -0.25) is 0 Å². The smallest absolute Gasteiger partial charge is 0.410 e. The second kappa shape index (κ2) is 7.77. The third-order valence-corrected chi connectivity index (χ3v) is 4.60. The average Bonchev–Trinajstić information content (AvgIpc) is 3.02. The van der Waals surface area contributed by atoms with Crippen LogP contribution in [0.15, 0.2) is 18.2 Å². The predicted molar refractivity (Wildman–Crippen MR) is 103 cm³/mol. The van der Waals surface area contributed by atoms with E-state index >= 15 is 0 Å². The number of methoxy groups -OCH3 is 1. The normalized spacial score (nSPS) is 15.6. The molecule has 7 nitrogen and oxygen atoms in total. The van der Waals surface area contributed by atoms with Gasteiger partial charge in [-0.05, 0) is 58.7 Å². The third kappa shape index (κ3) is 4.43. The first kappa shape index (κ1) is 20.1. The van der Waals surface area contributed by atoms with Gasteiger partial charge in [0.15, 0.2) is 5.82 Å². The summed E-state index contributed by atoms with van der Waals surface area (Å²) in [5.74, 6) is 1.37. The van der Waals surface area contributed by atoms with Crippen LogP contribution < -0.4 is 4.74 Å². The molecule has 0 spiro atoms. The third-order valence-electron chi connectivity index (χ3n) is 4.60. The highest BCUT2D eigenvalue weighted by Crippen LogP contribution is 2.33. The fraction of sp³-hybridized carbons (Fsp3) is 0.550. The standard InChI is InChI=1S/C20H27FN4O3/c1-13-22-18(16-12-14(21)6-7-17(16)27-5)25(23-13)15-8-10-24(11-9-15)19(26)28-20(2,3)4/h6-7,12,15H,8-11H2,1-5H3. The molecule has 28 heavy (non-hydrogen) atoms. The fourth-order valence-corrected chi connectivity index (χ4v) is 3.34. The predicted octanol–water partition coefficient (Wildman–Crippen LogP) is 3.97. The molecule has 1 aromatic heterocycles. The Labute approximate surface area is 164 Å². The SMILES string of the molecule is COc1ccc(F)cc1-c1nc(C)nn1C1CCN(C(=O)OC(C)(C)C)CC1. The summed E-state index contributed by atoms with van der Waals surface area (Å²) in [7, 11) is 1.55. The molecule has 0 radical (unpaired) electrons. The van der Waals surface area contributed by atoms with Gasteiger partial charge >= 0.3 is 6.09 Å². The summed E-state index contributed by atoms with van der Waals surface area (Å²) < 4.78 is 26.5. The quantitative estimate of drug-likeness (QED) is 0.793. The first-order chi connectivity index (χ1) is 13.2. The minimum Gasteiger partial charge on any atom is -0.496 e. The van der Waals surface area contributed by atoms with Crippen molar-refractivity contribution in [2.24, 2.45) is 0 Å². The summed E-state index contributed by atoms with van der Waals surface area (Å²) in [6.45, 7) is 8.51. The zero-order valence-electron chi connectivity index (χ0n) is 17.0. The zero-order valence-corrected chi connectivity index (χ0v) is 17.0. The largest absolute Gasteiger partial charge is 0.496 e. The highest BCUT2D eigenvalue weighted by molar-refractivity contribution is 5.68. The Hall–Kier alpha value is -2.64. The Balaban J connectivity index is 1.80. The number of carbonyl (C=O) groups is 1. The van der Waals surface area contributed by atoms with Gasteiger partial charge in [0, 0.05) is 13.1 Å². The fourth-order valence-electron chi connectivity index (χ4n) is 3.34. The van der Waals surface area contributed by atoms with Gasteiger partial charge in [-0.15, -0.1) is 0 Å². The number of nitrogens with zero attached hydrogens (tertiary/aromatic N) is 4. The van der Waals surface area contributed by atoms with E-state index in [9.17, 15) is 9.18 Å². The number of halogens is 1. The molecule has 0 N–H and O–H groups in total. The highest BCUT2D eigenvalue weighted by Gasteiger charge is 2.30. The second-order valence-corrected chi connectivity index (χ2v) is 7.97. The molecular weight excluding hydrogens is 363 g/mol. The number of carbonyl (C=O) groups excluding carboxylic acids is 1. The van der Waals surface area contributed by atoms with Crippen LogP contribution in [0.1, 0.15) is 45.5 Å². The summed E-state index contributed by atoms with van der Waals surface area (Å²) in [5.41, 5.74) is 0.0515. The maximum Gasteiger partial charge on any atom is 0.410 e. The van der Waals surface area contributed by atoms with Crippen molar-refractivity contribution in [3.05, 3.63) is 29.8 Å². The number of amides is 1. The van der Waals surface area contributed by atoms with E-state index in [2.05, 4.69) is 10.1 Å². The molecular formula is C20H27FN4O3. The number of rotatable bonds is 3. The van der Waals surface area contributed by atoms with Gasteiger partial charge in [0.05, 0.1) is 18.7 Å². The molecule has 0 saturated carbocycles. The van der Waals surface area contributed by atoms with Gasteiger partial charge in [-0.1, -0.05) is 0 Å². The van der Waals surface area contributed by atoms with E-state index in [0.29, 0.717) is 48.9 Å². The molecule has 1 saturated heterocycles. The molecule has 0 atom stereocenters. The summed E-state index contributed by atoms with van der Waals surface area (Å²) in [6, 6.07) is 4.41. The molecule has 1 amide bonds. The molecule has 8 heteroatoms. The average molecular weight is 390 g/mol. The summed E-state index contributed by atoms with van der Waals surface area (Å²) in [4.78, 5) is 18.5. The van der Waals surface area contributed by atoms with Crippen LogP contribution >= 0.6 is 0 Å².